The molecule has 2 amide bonds. The number of carboxylic acid groups (broad SMARTS) is 1. The number of aromatic nitrogens is 2. The summed E-state index contributed by atoms with van der Waals surface area (Å²) >= 11 is 1.24. The summed E-state index contributed by atoms with van der Waals surface area (Å²) in [6.45, 7) is 1.24. The van der Waals surface area contributed by atoms with Gasteiger partial charge in [0.25, 0.3) is 0 Å². The van der Waals surface area contributed by atoms with E-state index in [0.29, 0.717) is 54.7 Å². The zero-order valence-corrected chi connectivity index (χ0v) is 23.2. The van der Waals surface area contributed by atoms with Crippen molar-refractivity contribution in [3.05, 3.63) is 47.2 Å². The van der Waals surface area contributed by atoms with Crippen LogP contribution in [-0.2, 0) is 25.5 Å². The predicted octanol–water partition coefficient (Wildman–Crippen LogP) is 4.79. The number of carbonyl (C=O) groups is 3. The molecule has 40 heavy (non-hydrogen) atoms. The molecule has 1 aromatic carbocycles. The molecule has 3 aromatic rings. The smallest absolute Gasteiger partial charge is 0.304 e. The van der Waals surface area contributed by atoms with Crippen molar-refractivity contribution in [2.75, 3.05) is 37.1 Å². The maximum atomic E-state index is 14.4. The molecule has 11 heteroatoms. The molecule has 1 fully saturated rings. The van der Waals surface area contributed by atoms with Crippen molar-refractivity contribution < 1.29 is 28.6 Å². The van der Waals surface area contributed by atoms with Gasteiger partial charge in [0, 0.05) is 62.4 Å². The van der Waals surface area contributed by atoms with Gasteiger partial charge in [0.1, 0.15) is 11.6 Å². The molecule has 1 saturated heterocycles. The highest BCUT2D eigenvalue weighted by Gasteiger charge is 2.30. The molecule has 2 aliphatic rings. The van der Waals surface area contributed by atoms with Gasteiger partial charge in [0.05, 0.1) is 12.1 Å². The third-order valence-corrected chi connectivity index (χ3v) is 8.57. The van der Waals surface area contributed by atoms with Crippen molar-refractivity contribution in [2.24, 2.45) is 11.8 Å². The summed E-state index contributed by atoms with van der Waals surface area (Å²) in [5.41, 5.74) is 3.49. The van der Waals surface area contributed by atoms with Gasteiger partial charge in [-0.25, -0.2) is 14.4 Å². The average Bonchev–Trinajstić information content (AvgIpc) is 3.44. The lowest BCUT2D eigenvalue weighted by molar-refractivity contribution is -0.141. The number of hydrogen-bond donors (Lipinski definition) is 1. The van der Waals surface area contributed by atoms with E-state index in [1.807, 2.05) is 6.07 Å². The molecule has 5 rings (SSSR count). The first kappa shape index (κ1) is 27.9. The number of aliphatic carboxylic acids is 1. The molecule has 2 aromatic heterocycles. The van der Waals surface area contributed by atoms with Crippen LogP contribution in [0.2, 0.25) is 0 Å². The largest absolute Gasteiger partial charge is 0.481 e. The summed E-state index contributed by atoms with van der Waals surface area (Å²) in [6, 6.07) is 6.43. The third kappa shape index (κ3) is 5.90. The van der Waals surface area contributed by atoms with Crippen LogP contribution in [0.1, 0.15) is 37.7 Å². The Morgan fingerprint density at radius 3 is 2.75 bits per heavy atom. The number of carbonyl (C=O) groups excluding carboxylic acids is 2. The van der Waals surface area contributed by atoms with E-state index in [2.05, 4.69) is 9.97 Å². The molecule has 1 N–H and O–H groups in total. The summed E-state index contributed by atoms with van der Waals surface area (Å²) in [4.78, 5) is 49.2. The Morgan fingerprint density at radius 2 is 2.00 bits per heavy atom. The zero-order chi connectivity index (χ0) is 28.4. The molecular weight excluding hydrogens is 535 g/mol. The Balaban J connectivity index is 1.41. The number of halogens is 1. The van der Waals surface area contributed by atoms with Crippen LogP contribution in [0.4, 0.5) is 15.3 Å². The molecule has 2 aliphatic heterocycles. The Morgan fingerprint density at radius 1 is 1.23 bits per heavy atom. The van der Waals surface area contributed by atoms with E-state index in [0.717, 1.165) is 29.5 Å². The van der Waals surface area contributed by atoms with E-state index >= 15 is 0 Å². The Bertz CT molecular complexity index is 1440. The van der Waals surface area contributed by atoms with Gasteiger partial charge in [0.15, 0.2) is 5.13 Å². The molecule has 0 bridgehead atoms. The summed E-state index contributed by atoms with van der Waals surface area (Å²) in [7, 11) is 3.30. The van der Waals surface area contributed by atoms with Crippen LogP contribution in [-0.4, -0.2) is 60.2 Å². The number of nitrogens with zero attached hydrogens (tertiary/aromatic N) is 4. The first-order chi connectivity index (χ1) is 19.2. The molecular formula is C29H31FN4O5S. The molecule has 0 radical (unpaired) electrons. The van der Waals surface area contributed by atoms with Crippen LogP contribution in [0.25, 0.3) is 22.4 Å². The van der Waals surface area contributed by atoms with Gasteiger partial charge in [-0.15, -0.1) is 11.3 Å². The fourth-order valence-corrected chi connectivity index (χ4v) is 6.22. The molecule has 0 aliphatic carbocycles. The fourth-order valence-electron chi connectivity index (χ4n) is 5.42. The minimum Gasteiger partial charge on any atom is -0.481 e. The van der Waals surface area contributed by atoms with Gasteiger partial charge in [-0.3, -0.25) is 24.2 Å². The number of fused-ring (bicyclic) bond motifs is 1. The number of ether oxygens (including phenoxy) is 1. The summed E-state index contributed by atoms with van der Waals surface area (Å²) < 4.78 is 19.9. The van der Waals surface area contributed by atoms with Gasteiger partial charge in [-0.05, 0) is 60.9 Å². The lowest BCUT2D eigenvalue weighted by Gasteiger charge is -2.27. The Hall–Kier alpha value is -3.70. The van der Waals surface area contributed by atoms with Gasteiger partial charge in [0.2, 0.25) is 11.8 Å². The number of carboxylic acids is 1. The zero-order valence-electron chi connectivity index (χ0n) is 22.4. The minimum absolute atomic E-state index is 0.0160. The maximum Gasteiger partial charge on any atom is 0.304 e. The molecule has 9 nitrogen and oxygen atoms in total. The Labute approximate surface area is 235 Å². The van der Waals surface area contributed by atoms with Crippen LogP contribution in [0.5, 0.6) is 0 Å². The van der Waals surface area contributed by atoms with Crippen molar-refractivity contribution in [3.63, 3.8) is 0 Å². The van der Waals surface area contributed by atoms with Gasteiger partial charge < -0.3 is 9.84 Å². The minimum atomic E-state index is -1.02. The Kier molecular flexibility index (Phi) is 8.22. The normalized spacial score (nSPS) is 16.5. The van der Waals surface area contributed by atoms with E-state index in [1.54, 1.807) is 36.6 Å². The second-order valence-corrected chi connectivity index (χ2v) is 11.2. The van der Waals surface area contributed by atoms with Crippen LogP contribution >= 0.6 is 11.3 Å². The number of benzene rings is 1. The lowest BCUT2D eigenvalue weighted by Crippen LogP contribution is -2.35. The highest BCUT2D eigenvalue weighted by molar-refractivity contribution is 7.14. The van der Waals surface area contributed by atoms with Crippen LogP contribution in [0, 0.1) is 17.7 Å². The average molecular weight is 567 g/mol. The van der Waals surface area contributed by atoms with Gasteiger partial charge in [-0.1, -0.05) is 6.07 Å². The van der Waals surface area contributed by atoms with Crippen molar-refractivity contribution >= 4 is 40.1 Å². The van der Waals surface area contributed by atoms with Crippen molar-refractivity contribution in [1.82, 2.24) is 9.97 Å². The van der Waals surface area contributed by atoms with Gasteiger partial charge >= 0.3 is 5.97 Å². The SMILES string of the molecule is CN(C(=O)C(CC(=O)O)CC1CCOCC1)c1nc(-c2cc(F)ccc2-c2cnc3c(c2)CCC(=O)N3C)cs1. The van der Waals surface area contributed by atoms with E-state index in [1.165, 1.54) is 28.4 Å². The molecule has 210 valence electrons. The second-order valence-electron chi connectivity index (χ2n) is 10.3. The first-order valence-corrected chi connectivity index (χ1v) is 14.2. The van der Waals surface area contributed by atoms with Crippen molar-refractivity contribution in [3.8, 4) is 22.4 Å². The van der Waals surface area contributed by atoms with E-state index in [4.69, 9.17) is 4.74 Å². The highest BCUT2D eigenvalue weighted by Crippen LogP contribution is 2.37. The quantitative estimate of drug-likeness (QED) is 0.417. The van der Waals surface area contributed by atoms with E-state index in [9.17, 15) is 23.9 Å². The van der Waals surface area contributed by atoms with Crippen molar-refractivity contribution in [2.45, 2.75) is 38.5 Å². The third-order valence-electron chi connectivity index (χ3n) is 7.65. The summed E-state index contributed by atoms with van der Waals surface area (Å²) in [5.74, 6) is -1.54. The molecule has 0 saturated carbocycles. The van der Waals surface area contributed by atoms with E-state index < -0.39 is 17.7 Å². The number of hydrogen-bond acceptors (Lipinski definition) is 7. The molecule has 0 spiro atoms. The summed E-state index contributed by atoms with van der Waals surface area (Å²) in [6.07, 6.45) is 4.49. The second kappa shape index (κ2) is 11.8. The summed E-state index contributed by atoms with van der Waals surface area (Å²) in [5, 5.41) is 11.6. The number of amides is 2. The first-order valence-electron chi connectivity index (χ1n) is 13.3. The fraction of sp³-hybridized carbons (Fsp3) is 0.414. The monoisotopic (exact) mass is 566 g/mol. The number of thiazole rings is 1. The van der Waals surface area contributed by atoms with E-state index in [-0.39, 0.29) is 24.2 Å². The number of pyridine rings is 1. The molecule has 1 atom stereocenters. The predicted molar refractivity (Wildman–Crippen MR) is 150 cm³/mol. The maximum absolute atomic E-state index is 14.4. The highest BCUT2D eigenvalue weighted by atomic mass is 32.1. The molecule has 1 unspecified atom stereocenters. The van der Waals surface area contributed by atoms with Crippen LogP contribution in [0.15, 0.2) is 35.8 Å². The lowest BCUT2D eigenvalue weighted by atomic mass is 9.86. The number of rotatable bonds is 8. The van der Waals surface area contributed by atoms with Gasteiger partial charge in [-0.2, -0.15) is 0 Å². The standard InChI is InChI=1S/C29H31FN4O5S/c1-33-25(35)6-3-18-12-20(15-31-27(18)33)22-5-4-21(30)14-23(22)24-16-40-29(32-24)34(2)28(38)19(13-26(36)37)11-17-7-9-39-10-8-17/h4-5,12,14-17,19H,3,6-11,13H2,1-2H3,(H,36,37). The topological polar surface area (TPSA) is 113 Å². The molecule has 4 heterocycles. The van der Waals surface area contributed by atoms with Crippen LogP contribution < -0.4 is 9.80 Å². The van der Waals surface area contributed by atoms with Crippen LogP contribution in [0.3, 0.4) is 0 Å². The number of aryl methyl sites for hydroxylation is 1. The number of anilines is 2. The van der Waals surface area contributed by atoms with Crippen molar-refractivity contribution in [1.29, 1.82) is 0 Å².